The normalized spacial score (nSPS) is 12.1. The van der Waals surface area contributed by atoms with Crippen LogP contribution in [0.1, 0.15) is 22.9 Å². The summed E-state index contributed by atoms with van der Waals surface area (Å²) in [5.41, 5.74) is 0.983. The highest BCUT2D eigenvalue weighted by molar-refractivity contribution is 6.33. The minimum atomic E-state index is -0.529. The van der Waals surface area contributed by atoms with Crippen molar-refractivity contribution in [2.24, 2.45) is 10.3 Å². The lowest BCUT2D eigenvalue weighted by molar-refractivity contribution is 0.319. The smallest absolute Gasteiger partial charge is 0.276 e. The first-order valence-corrected chi connectivity index (χ1v) is 8.89. The molecule has 10 heteroatoms. The minimum Gasteiger partial charge on any atom is -0.410 e. The summed E-state index contributed by atoms with van der Waals surface area (Å²) in [5.74, 6) is 0.475. The van der Waals surface area contributed by atoms with E-state index in [9.17, 15) is 10.0 Å². The third-order valence-corrected chi connectivity index (χ3v) is 4.49. The quantitative estimate of drug-likeness (QED) is 0.306. The van der Waals surface area contributed by atoms with E-state index >= 15 is 0 Å². The summed E-state index contributed by atoms with van der Waals surface area (Å²) in [6.45, 7) is 1.67. The predicted molar refractivity (Wildman–Crippen MR) is 109 cm³/mol. The van der Waals surface area contributed by atoms with Crippen molar-refractivity contribution in [2.45, 2.75) is 6.92 Å². The molecule has 2 heterocycles. The number of para-hydroxylation sites is 2. The standard InChI is InChI=1S/C19H14ClN7O2/c1-11-24-25-18(27(11)21-10-12-6-2-3-7-13(12)20)16(26-29)17-19(28)23-15-9-5-4-8-14(15)22-17/h2-10,29H,1H3,(H,23,28)/b21-10+,26-16+. The Morgan fingerprint density at radius 2 is 1.93 bits per heavy atom. The highest BCUT2D eigenvalue weighted by Gasteiger charge is 2.22. The molecule has 0 radical (unpaired) electrons. The molecule has 0 saturated carbocycles. The Bertz CT molecular complexity index is 1320. The Kier molecular flexibility index (Phi) is 4.88. The second kappa shape index (κ2) is 7.64. The third kappa shape index (κ3) is 3.50. The van der Waals surface area contributed by atoms with Gasteiger partial charge in [0.25, 0.3) is 5.56 Å². The van der Waals surface area contributed by atoms with Crippen molar-refractivity contribution in [1.82, 2.24) is 24.8 Å². The molecule has 0 bridgehead atoms. The van der Waals surface area contributed by atoms with Crippen LogP contribution in [0.25, 0.3) is 11.0 Å². The second-order valence-corrected chi connectivity index (χ2v) is 6.44. The molecule has 2 aromatic carbocycles. The number of rotatable bonds is 4. The number of aromatic nitrogens is 5. The van der Waals surface area contributed by atoms with Gasteiger partial charge in [0, 0.05) is 10.6 Å². The number of aromatic amines is 1. The Morgan fingerprint density at radius 3 is 2.72 bits per heavy atom. The lowest BCUT2D eigenvalue weighted by Gasteiger charge is -2.05. The Balaban J connectivity index is 1.82. The molecule has 4 aromatic rings. The van der Waals surface area contributed by atoms with Crippen molar-refractivity contribution in [3.05, 3.63) is 86.8 Å². The molecule has 0 aliphatic carbocycles. The maximum absolute atomic E-state index is 12.5. The highest BCUT2D eigenvalue weighted by Crippen LogP contribution is 2.14. The van der Waals surface area contributed by atoms with Crippen LogP contribution >= 0.6 is 11.6 Å². The number of hydrogen-bond acceptors (Lipinski definition) is 7. The molecule has 0 fully saturated rings. The summed E-state index contributed by atoms with van der Waals surface area (Å²) in [5, 5.41) is 25.7. The fourth-order valence-electron chi connectivity index (χ4n) is 2.73. The van der Waals surface area contributed by atoms with Gasteiger partial charge in [-0.05, 0) is 25.1 Å². The third-order valence-electron chi connectivity index (χ3n) is 4.15. The molecule has 9 nitrogen and oxygen atoms in total. The molecule has 0 aliphatic heterocycles. The van der Waals surface area contributed by atoms with E-state index in [4.69, 9.17) is 11.6 Å². The molecule has 0 unspecified atom stereocenters. The molecular weight excluding hydrogens is 394 g/mol. The number of fused-ring (bicyclic) bond motifs is 1. The number of benzene rings is 2. The number of hydrogen-bond donors (Lipinski definition) is 2. The van der Waals surface area contributed by atoms with Crippen LogP contribution in [0, 0.1) is 6.92 Å². The van der Waals surface area contributed by atoms with Crippen LogP contribution in [0.15, 0.2) is 63.6 Å². The zero-order valence-corrected chi connectivity index (χ0v) is 15.9. The predicted octanol–water partition coefficient (Wildman–Crippen LogP) is 2.59. The van der Waals surface area contributed by atoms with E-state index in [1.54, 1.807) is 43.3 Å². The summed E-state index contributed by atoms with van der Waals surface area (Å²) in [7, 11) is 0. The van der Waals surface area contributed by atoms with Gasteiger partial charge in [0.2, 0.25) is 5.82 Å². The maximum atomic E-state index is 12.5. The van der Waals surface area contributed by atoms with E-state index in [2.05, 4.69) is 30.4 Å². The van der Waals surface area contributed by atoms with Crippen LogP contribution in [0.5, 0.6) is 0 Å². The molecule has 0 amide bonds. The summed E-state index contributed by atoms with van der Waals surface area (Å²) < 4.78 is 1.34. The van der Waals surface area contributed by atoms with E-state index in [1.807, 2.05) is 12.1 Å². The van der Waals surface area contributed by atoms with Crippen molar-refractivity contribution in [3.8, 4) is 0 Å². The highest BCUT2D eigenvalue weighted by atomic mass is 35.5. The Morgan fingerprint density at radius 1 is 1.17 bits per heavy atom. The van der Waals surface area contributed by atoms with Gasteiger partial charge in [0.1, 0.15) is 0 Å². The number of oxime groups is 1. The van der Waals surface area contributed by atoms with E-state index in [1.165, 1.54) is 10.9 Å². The summed E-state index contributed by atoms with van der Waals surface area (Å²) >= 11 is 6.16. The lowest BCUT2D eigenvalue weighted by Crippen LogP contribution is -2.24. The van der Waals surface area contributed by atoms with Crippen LogP contribution in [-0.2, 0) is 0 Å². The molecule has 0 atom stereocenters. The topological polar surface area (TPSA) is 121 Å². The van der Waals surface area contributed by atoms with Gasteiger partial charge in [0.15, 0.2) is 17.2 Å². The average molecular weight is 408 g/mol. The molecule has 2 aromatic heterocycles. The summed E-state index contributed by atoms with van der Waals surface area (Å²) in [6.07, 6.45) is 1.52. The van der Waals surface area contributed by atoms with Gasteiger partial charge in [-0.25, -0.2) is 4.98 Å². The van der Waals surface area contributed by atoms with Crippen molar-refractivity contribution < 1.29 is 5.21 Å². The van der Waals surface area contributed by atoms with E-state index < -0.39 is 5.56 Å². The van der Waals surface area contributed by atoms with Gasteiger partial charge in [-0.1, -0.05) is 47.1 Å². The second-order valence-electron chi connectivity index (χ2n) is 6.03. The first-order chi connectivity index (χ1) is 14.1. The molecule has 2 N–H and O–H groups in total. The first kappa shape index (κ1) is 18.5. The molecule has 0 saturated heterocycles. The van der Waals surface area contributed by atoms with Gasteiger partial charge < -0.3 is 10.2 Å². The summed E-state index contributed by atoms with van der Waals surface area (Å²) in [6, 6.07) is 14.2. The zero-order valence-electron chi connectivity index (χ0n) is 15.1. The van der Waals surface area contributed by atoms with Gasteiger partial charge in [-0.2, -0.15) is 9.78 Å². The maximum Gasteiger partial charge on any atom is 0.276 e. The van der Waals surface area contributed by atoms with Crippen molar-refractivity contribution in [1.29, 1.82) is 0 Å². The molecular formula is C19H14ClN7O2. The first-order valence-electron chi connectivity index (χ1n) is 8.51. The Labute approximate surface area is 169 Å². The Hall–Kier alpha value is -3.85. The molecule has 0 aliphatic rings. The fraction of sp³-hybridized carbons (Fsp3) is 0.0526. The zero-order chi connectivity index (χ0) is 20.4. The molecule has 29 heavy (non-hydrogen) atoms. The number of aryl methyl sites for hydroxylation is 1. The van der Waals surface area contributed by atoms with E-state index in [0.29, 0.717) is 27.4 Å². The van der Waals surface area contributed by atoms with Crippen molar-refractivity contribution in [3.63, 3.8) is 0 Å². The van der Waals surface area contributed by atoms with Crippen LogP contribution in [0.3, 0.4) is 0 Å². The fourth-order valence-corrected chi connectivity index (χ4v) is 2.92. The van der Waals surface area contributed by atoms with Crippen molar-refractivity contribution in [2.75, 3.05) is 0 Å². The van der Waals surface area contributed by atoms with Gasteiger partial charge >= 0.3 is 0 Å². The number of H-pyrrole nitrogens is 1. The number of nitrogens with one attached hydrogen (secondary N) is 1. The van der Waals surface area contributed by atoms with E-state index in [-0.39, 0.29) is 17.2 Å². The minimum absolute atomic E-state index is 0.0570. The number of nitrogens with zero attached hydrogens (tertiary/aromatic N) is 6. The van der Waals surface area contributed by atoms with Crippen molar-refractivity contribution >= 4 is 34.6 Å². The lowest BCUT2D eigenvalue weighted by atomic mass is 10.2. The monoisotopic (exact) mass is 407 g/mol. The van der Waals surface area contributed by atoms with Crippen LogP contribution in [0.2, 0.25) is 5.02 Å². The molecule has 144 valence electrons. The van der Waals surface area contributed by atoms with E-state index in [0.717, 1.165) is 0 Å². The SMILES string of the molecule is Cc1nnc(/C(=N/O)c2nc3ccccc3[nH]c2=O)n1/N=C/c1ccccc1Cl. The van der Waals surface area contributed by atoms with Gasteiger partial charge in [0.05, 0.1) is 17.2 Å². The van der Waals surface area contributed by atoms with Gasteiger partial charge in [-0.3, -0.25) is 4.79 Å². The molecule has 4 rings (SSSR count). The van der Waals surface area contributed by atoms with Crippen LogP contribution in [-0.4, -0.2) is 42.0 Å². The largest absolute Gasteiger partial charge is 0.410 e. The van der Waals surface area contributed by atoms with Gasteiger partial charge in [-0.15, -0.1) is 10.2 Å². The summed E-state index contributed by atoms with van der Waals surface area (Å²) in [4.78, 5) is 19.6. The number of halogens is 1. The molecule has 0 spiro atoms. The average Bonchev–Trinajstić information content (AvgIpc) is 3.08. The van der Waals surface area contributed by atoms with Crippen LogP contribution in [0.4, 0.5) is 0 Å². The van der Waals surface area contributed by atoms with Crippen LogP contribution < -0.4 is 5.56 Å².